The van der Waals surface area contributed by atoms with Crippen molar-refractivity contribution in [3.8, 4) is 11.5 Å². The van der Waals surface area contributed by atoms with E-state index in [1.807, 2.05) is 27.0 Å². The van der Waals surface area contributed by atoms with E-state index in [0.717, 1.165) is 28.8 Å². The van der Waals surface area contributed by atoms with Crippen LogP contribution < -0.4 is 14.8 Å². The van der Waals surface area contributed by atoms with E-state index in [0.29, 0.717) is 25.2 Å². The number of ether oxygens (including phenoxy) is 2. The Kier molecular flexibility index (Phi) is 8.12. The summed E-state index contributed by atoms with van der Waals surface area (Å²) in [6.45, 7) is 9.73. The van der Waals surface area contributed by atoms with E-state index in [-0.39, 0.29) is 0 Å². The highest BCUT2D eigenvalue weighted by Crippen LogP contribution is 2.39. The van der Waals surface area contributed by atoms with Gasteiger partial charge in [-0.25, -0.2) is 0 Å². The number of nitrogens with one attached hydrogen (secondary N) is 1. The summed E-state index contributed by atoms with van der Waals surface area (Å²) in [5.41, 5.74) is 1.23. The van der Waals surface area contributed by atoms with Crippen LogP contribution in [0.4, 0.5) is 0 Å². The van der Waals surface area contributed by atoms with Crippen LogP contribution in [0.25, 0.3) is 0 Å². The molecule has 3 nitrogen and oxygen atoms in total. The first kappa shape index (κ1) is 18.3. The number of hydrogen-bond acceptors (Lipinski definition) is 3. The Labute approximate surface area is 137 Å². The molecule has 0 bridgehead atoms. The Morgan fingerprint density at radius 3 is 1.95 bits per heavy atom. The first-order valence-corrected chi connectivity index (χ1v) is 8.68. The average molecular weight is 358 g/mol. The Bertz CT molecular complexity index is 433. The second-order valence-corrected chi connectivity index (χ2v) is 5.88. The van der Waals surface area contributed by atoms with Gasteiger partial charge in [0.15, 0.2) is 11.5 Å². The maximum Gasteiger partial charge on any atom is 0.162 e. The van der Waals surface area contributed by atoms with Crippen LogP contribution in [0.1, 0.15) is 52.1 Å². The topological polar surface area (TPSA) is 30.5 Å². The van der Waals surface area contributed by atoms with Crippen LogP contribution in [0.5, 0.6) is 11.5 Å². The fourth-order valence-corrected chi connectivity index (χ4v) is 3.30. The van der Waals surface area contributed by atoms with Crippen molar-refractivity contribution in [1.29, 1.82) is 0 Å². The van der Waals surface area contributed by atoms with Crippen molar-refractivity contribution in [3.05, 3.63) is 22.2 Å². The van der Waals surface area contributed by atoms with Crippen molar-refractivity contribution in [2.24, 2.45) is 5.92 Å². The molecule has 0 aliphatic heterocycles. The van der Waals surface area contributed by atoms with E-state index < -0.39 is 0 Å². The minimum absolute atomic E-state index is 0.309. The van der Waals surface area contributed by atoms with E-state index in [9.17, 15) is 0 Å². The van der Waals surface area contributed by atoms with Gasteiger partial charge in [-0.2, -0.15) is 0 Å². The van der Waals surface area contributed by atoms with Gasteiger partial charge >= 0.3 is 0 Å². The van der Waals surface area contributed by atoms with E-state index in [4.69, 9.17) is 9.47 Å². The zero-order valence-electron chi connectivity index (χ0n) is 13.8. The summed E-state index contributed by atoms with van der Waals surface area (Å²) < 4.78 is 12.5. The van der Waals surface area contributed by atoms with Gasteiger partial charge < -0.3 is 14.8 Å². The lowest BCUT2D eigenvalue weighted by atomic mass is 9.89. The largest absolute Gasteiger partial charge is 0.490 e. The number of halogens is 1. The summed E-state index contributed by atoms with van der Waals surface area (Å²) in [5.74, 6) is 2.22. The number of benzene rings is 1. The molecule has 0 spiro atoms. The zero-order valence-corrected chi connectivity index (χ0v) is 15.4. The average Bonchev–Trinajstić information content (AvgIpc) is 2.48. The molecule has 1 aromatic rings. The lowest BCUT2D eigenvalue weighted by molar-refractivity contribution is 0.285. The molecule has 4 heteroatoms. The minimum atomic E-state index is 0.309. The lowest BCUT2D eigenvalue weighted by Crippen LogP contribution is -2.25. The Hall–Kier alpha value is -0.740. The molecule has 0 saturated heterocycles. The van der Waals surface area contributed by atoms with Crippen LogP contribution in [0, 0.1) is 5.92 Å². The SMILES string of the molecule is CCOc1cc(Br)c(C(NC)C(CC)CC)cc1OCC. The Balaban J connectivity index is 3.24. The van der Waals surface area contributed by atoms with Crippen LogP contribution in [-0.2, 0) is 0 Å². The fourth-order valence-electron chi connectivity index (χ4n) is 2.73. The molecule has 0 saturated carbocycles. The first-order valence-electron chi connectivity index (χ1n) is 7.88. The molecule has 0 aliphatic rings. The van der Waals surface area contributed by atoms with Crippen molar-refractivity contribution in [1.82, 2.24) is 5.32 Å². The summed E-state index contributed by atoms with van der Waals surface area (Å²) in [5, 5.41) is 3.46. The molecule has 120 valence electrons. The van der Waals surface area contributed by atoms with Gasteiger partial charge in [0.05, 0.1) is 13.2 Å². The van der Waals surface area contributed by atoms with Crippen LogP contribution in [0.2, 0.25) is 0 Å². The molecule has 0 radical (unpaired) electrons. The molecule has 0 fully saturated rings. The van der Waals surface area contributed by atoms with Gasteiger partial charge in [0, 0.05) is 10.5 Å². The van der Waals surface area contributed by atoms with Gasteiger partial charge in [0.25, 0.3) is 0 Å². The third kappa shape index (κ3) is 4.62. The van der Waals surface area contributed by atoms with E-state index in [2.05, 4.69) is 41.2 Å². The lowest BCUT2D eigenvalue weighted by Gasteiger charge is -2.27. The first-order chi connectivity index (χ1) is 10.1. The highest BCUT2D eigenvalue weighted by molar-refractivity contribution is 9.10. The van der Waals surface area contributed by atoms with Gasteiger partial charge in [0.1, 0.15) is 0 Å². The molecule has 1 N–H and O–H groups in total. The smallest absolute Gasteiger partial charge is 0.162 e. The second kappa shape index (κ2) is 9.31. The summed E-state index contributed by atoms with van der Waals surface area (Å²) in [6.07, 6.45) is 2.29. The van der Waals surface area contributed by atoms with Crippen molar-refractivity contribution < 1.29 is 9.47 Å². The molecule has 1 unspecified atom stereocenters. The molecule has 0 amide bonds. The van der Waals surface area contributed by atoms with Crippen molar-refractivity contribution in [2.45, 2.75) is 46.6 Å². The molecular formula is C17H28BrNO2. The van der Waals surface area contributed by atoms with Gasteiger partial charge in [-0.15, -0.1) is 0 Å². The van der Waals surface area contributed by atoms with E-state index in [1.165, 1.54) is 5.56 Å². The van der Waals surface area contributed by atoms with E-state index in [1.54, 1.807) is 0 Å². The van der Waals surface area contributed by atoms with Crippen molar-refractivity contribution in [3.63, 3.8) is 0 Å². The monoisotopic (exact) mass is 357 g/mol. The maximum atomic E-state index is 5.75. The fraction of sp³-hybridized carbons (Fsp3) is 0.647. The van der Waals surface area contributed by atoms with Crippen molar-refractivity contribution >= 4 is 15.9 Å². The second-order valence-electron chi connectivity index (χ2n) is 5.03. The van der Waals surface area contributed by atoms with Crippen LogP contribution in [0.15, 0.2) is 16.6 Å². The normalized spacial score (nSPS) is 12.5. The molecule has 1 atom stereocenters. The van der Waals surface area contributed by atoms with Gasteiger partial charge in [-0.1, -0.05) is 42.6 Å². The molecular weight excluding hydrogens is 330 g/mol. The Morgan fingerprint density at radius 2 is 1.52 bits per heavy atom. The van der Waals surface area contributed by atoms with Crippen LogP contribution in [0.3, 0.4) is 0 Å². The maximum absolute atomic E-state index is 5.75. The highest BCUT2D eigenvalue weighted by atomic mass is 79.9. The third-order valence-electron chi connectivity index (χ3n) is 3.83. The van der Waals surface area contributed by atoms with Crippen molar-refractivity contribution in [2.75, 3.05) is 20.3 Å². The number of hydrogen-bond donors (Lipinski definition) is 1. The zero-order chi connectivity index (χ0) is 15.8. The molecule has 0 aromatic heterocycles. The van der Waals surface area contributed by atoms with Gasteiger partial charge in [-0.3, -0.25) is 0 Å². The molecule has 0 aliphatic carbocycles. The van der Waals surface area contributed by atoms with Crippen LogP contribution >= 0.6 is 15.9 Å². The van der Waals surface area contributed by atoms with E-state index >= 15 is 0 Å². The molecule has 21 heavy (non-hydrogen) atoms. The highest BCUT2D eigenvalue weighted by Gasteiger charge is 2.23. The molecule has 1 aromatic carbocycles. The van der Waals surface area contributed by atoms with Gasteiger partial charge in [-0.05, 0) is 44.5 Å². The van der Waals surface area contributed by atoms with Gasteiger partial charge in [0.2, 0.25) is 0 Å². The Morgan fingerprint density at radius 1 is 1.00 bits per heavy atom. The predicted molar refractivity (Wildman–Crippen MR) is 92.4 cm³/mol. The molecule has 1 rings (SSSR count). The van der Waals surface area contributed by atoms with Crippen LogP contribution in [-0.4, -0.2) is 20.3 Å². The molecule has 0 heterocycles. The standard InChI is InChI=1S/C17H28BrNO2/c1-6-12(7-2)17(19-5)13-10-15(20-8-3)16(21-9-4)11-14(13)18/h10-12,17,19H,6-9H2,1-5H3. The summed E-state index contributed by atoms with van der Waals surface area (Å²) in [4.78, 5) is 0. The summed E-state index contributed by atoms with van der Waals surface area (Å²) in [7, 11) is 2.02. The minimum Gasteiger partial charge on any atom is -0.490 e. The third-order valence-corrected chi connectivity index (χ3v) is 4.52. The number of rotatable bonds is 9. The summed E-state index contributed by atoms with van der Waals surface area (Å²) >= 11 is 3.69. The summed E-state index contributed by atoms with van der Waals surface area (Å²) in [6, 6.07) is 4.44. The predicted octanol–water partition coefficient (Wildman–Crippen LogP) is 4.94. The quantitative estimate of drug-likeness (QED) is 0.678.